The molecule has 2 atom stereocenters. The second-order valence-electron chi connectivity index (χ2n) is 5.82. The average molecular weight is 243 g/mol. The van der Waals surface area contributed by atoms with Crippen LogP contribution in [-0.4, -0.2) is 39.0 Å². The quantitative estimate of drug-likeness (QED) is 0.697. The number of likely N-dealkylation sites (N-methyl/N-ethyl adjacent to an activating group) is 1. The molecular weight excluding hydrogens is 214 g/mol. The van der Waals surface area contributed by atoms with Gasteiger partial charge in [-0.25, -0.2) is 0 Å². The minimum atomic E-state index is 0.342. The highest BCUT2D eigenvalue weighted by molar-refractivity contribution is 4.89. The van der Waals surface area contributed by atoms with Crippen LogP contribution in [0.3, 0.4) is 0 Å². The van der Waals surface area contributed by atoms with E-state index in [0.717, 1.165) is 32.7 Å². The zero-order valence-electron chi connectivity index (χ0n) is 11.9. The largest absolute Gasteiger partial charge is 0.379 e. The molecule has 0 aromatic carbocycles. The lowest BCUT2D eigenvalue weighted by molar-refractivity contribution is -0.0478. The maximum absolute atomic E-state index is 5.98. The number of nitrogens with one attached hydrogen (secondary N) is 1. The van der Waals surface area contributed by atoms with Crippen LogP contribution in [0.25, 0.3) is 0 Å². The van der Waals surface area contributed by atoms with E-state index >= 15 is 0 Å². The summed E-state index contributed by atoms with van der Waals surface area (Å²) in [6.45, 7) is 9.09. The molecule has 0 spiro atoms. The fourth-order valence-corrected chi connectivity index (χ4v) is 2.53. The monoisotopic (exact) mass is 243 g/mol. The molecule has 1 N–H and O–H groups in total. The highest BCUT2D eigenvalue weighted by Gasteiger charge is 2.34. The zero-order valence-corrected chi connectivity index (χ0v) is 11.9. The Bertz CT molecular complexity index is 206. The van der Waals surface area contributed by atoms with Crippen LogP contribution in [0, 0.1) is 5.41 Å². The Kier molecular flexibility index (Phi) is 6.45. The normalized spacial score (nSPS) is 28.2. The molecule has 0 heterocycles. The Morgan fingerprint density at radius 1 is 1.24 bits per heavy atom. The van der Waals surface area contributed by atoms with Gasteiger partial charge in [-0.15, -0.1) is 0 Å². The van der Waals surface area contributed by atoms with Gasteiger partial charge in [0.1, 0.15) is 0 Å². The van der Waals surface area contributed by atoms with E-state index in [1.54, 1.807) is 0 Å². The lowest BCUT2D eigenvalue weighted by Crippen LogP contribution is -2.46. The maximum Gasteiger partial charge on any atom is 0.0734 e. The summed E-state index contributed by atoms with van der Waals surface area (Å²) in [5, 5.41) is 3.38. The summed E-state index contributed by atoms with van der Waals surface area (Å²) in [6, 6.07) is 0.509. The average Bonchev–Trinajstić information content (AvgIpc) is 2.28. The summed E-state index contributed by atoms with van der Waals surface area (Å²) >= 11 is 0. The standard InChI is InChI=1S/C14H29NO2/c1-5-8-16-9-10-17-13-11-14(2,3)7-6-12(13)15-4/h12-13,15H,5-11H2,1-4H3. The van der Waals surface area contributed by atoms with Crippen LogP contribution in [0.2, 0.25) is 0 Å². The first kappa shape index (κ1) is 14.9. The van der Waals surface area contributed by atoms with Crippen LogP contribution < -0.4 is 5.32 Å². The number of hydrogen-bond acceptors (Lipinski definition) is 3. The van der Waals surface area contributed by atoms with Crippen LogP contribution in [0.4, 0.5) is 0 Å². The first-order valence-electron chi connectivity index (χ1n) is 6.95. The molecule has 2 unspecified atom stereocenters. The van der Waals surface area contributed by atoms with E-state index in [0.29, 0.717) is 17.6 Å². The molecule has 3 heteroatoms. The summed E-state index contributed by atoms with van der Waals surface area (Å²) in [4.78, 5) is 0. The number of hydrogen-bond donors (Lipinski definition) is 1. The van der Waals surface area contributed by atoms with Gasteiger partial charge >= 0.3 is 0 Å². The van der Waals surface area contributed by atoms with Crippen molar-refractivity contribution in [2.75, 3.05) is 26.9 Å². The maximum atomic E-state index is 5.98. The van der Waals surface area contributed by atoms with Crippen molar-refractivity contribution in [1.82, 2.24) is 5.32 Å². The molecule has 0 aromatic rings. The third kappa shape index (κ3) is 5.36. The Hall–Kier alpha value is -0.120. The van der Waals surface area contributed by atoms with Crippen LogP contribution in [0.15, 0.2) is 0 Å². The predicted molar refractivity (Wildman–Crippen MR) is 71.3 cm³/mol. The van der Waals surface area contributed by atoms with Crippen LogP contribution in [0.5, 0.6) is 0 Å². The van der Waals surface area contributed by atoms with Gasteiger partial charge < -0.3 is 14.8 Å². The molecule has 1 fully saturated rings. The Balaban J connectivity index is 2.27. The molecular formula is C14H29NO2. The summed E-state index contributed by atoms with van der Waals surface area (Å²) in [6.07, 6.45) is 5.06. The Morgan fingerprint density at radius 2 is 2.00 bits per heavy atom. The molecule has 0 amide bonds. The molecule has 102 valence electrons. The zero-order chi connectivity index (χ0) is 12.7. The second kappa shape index (κ2) is 7.34. The fourth-order valence-electron chi connectivity index (χ4n) is 2.53. The lowest BCUT2D eigenvalue weighted by Gasteiger charge is -2.40. The van der Waals surface area contributed by atoms with Crippen molar-refractivity contribution in [3.63, 3.8) is 0 Å². The van der Waals surface area contributed by atoms with Gasteiger partial charge in [-0.2, -0.15) is 0 Å². The first-order valence-corrected chi connectivity index (χ1v) is 6.95. The van der Waals surface area contributed by atoms with Gasteiger partial charge in [0.15, 0.2) is 0 Å². The molecule has 3 nitrogen and oxygen atoms in total. The molecule has 1 rings (SSSR count). The highest BCUT2D eigenvalue weighted by Crippen LogP contribution is 2.36. The smallest absolute Gasteiger partial charge is 0.0734 e. The van der Waals surface area contributed by atoms with Gasteiger partial charge in [-0.3, -0.25) is 0 Å². The van der Waals surface area contributed by atoms with Gasteiger partial charge in [0.25, 0.3) is 0 Å². The van der Waals surface area contributed by atoms with E-state index in [2.05, 4.69) is 26.1 Å². The molecule has 1 saturated carbocycles. The van der Waals surface area contributed by atoms with Crippen molar-refractivity contribution in [3.8, 4) is 0 Å². The molecule has 1 aliphatic carbocycles. The predicted octanol–water partition coefficient (Wildman–Crippen LogP) is 2.60. The minimum absolute atomic E-state index is 0.342. The molecule has 0 bridgehead atoms. The summed E-state index contributed by atoms with van der Waals surface area (Å²) < 4.78 is 11.4. The molecule has 17 heavy (non-hydrogen) atoms. The summed E-state index contributed by atoms with van der Waals surface area (Å²) in [5.74, 6) is 0. The third-order valence-electron chi connectivity index (χ3n) is 3.61. The molecule has 0 aliphatic heterocycles. The molecule has 0 aromatic heterocycles. The van der Waals surface area contributed by atoms with Crippen molar-refractivity contribution >= 4 is 0 Å². The van der Waals surface area contributed by atoms with E-state index in [-0.39, 0.29) is 0 Å². The number of ether oxygens (including phenoxy) is 2. The van der Waals surface area contributed by atoms with E-state index in [4.69, 9.17) is 9.47 Å². The summed E-state index contributed by atoms with van der Waals surface area (Å²) in [5.41, 5.74) is 0.419. The van der Waals surface area contributed by atoms with Gasteiger partial charge in [-0.05, 0) is 38.1 Å². The molecule has 1 aliphatic rings. The van der Waals surface area contributed by atoms with Crippen molar-refractivity contribution in [1.29, 1.82) is 0 Å². The third-order valence-corrected chi connectivity index (χ3v) is 3.61. The van der Waals surface area contributed by atoms with Gasteiger partial charge in [0.2, 0.25) is 0 Å². The van der Waals surface area contributed by atoms with Crippen molar-refractivity contribution in [2.24, 2.45) is 5.41 Å². The summed E-state index contributed by atoms with van der Waals surface area (Å²) in [7, 11) is 2.03. The van der Waals surface area contributed by atoms with Crippen LogP contribution in [-0.2, 0) is 9.47 Å². The topological polar surface area (TPSA) is 30.5 Å². The van der Waals surface area contributed by atoms with E-state index in [1.165, 1.54) is 12.8 Å². The first-order chi connectivity index (χ1) is 8.09. The van der Waals surface area contributed by atoms with Gasteiger partial charge in [0, 0.05) is 12.6 Å². The number of rotatable bonds is 7. The SMILES string of the molecule is CCCOCCOC1CC(C)(C)CCC1NC. The van der Waals surface area contributed by atoms with Gasteiger partial charge in [-0.1, -0.05) is 20.8 Å². The van der Waals surface area contributed by atoms with E-state index < -0.39 is 0 Å². The van der Waals surface area contributed by atoms with E-state index in [1.807, 2.05) is 7.05 Å². The Labute approximate surface area is 106 Å². The second-order valence-corrected chi connectivity index (χ2v) is 5.82. The van der Waals surface area contributed by atoms with Crippen molar-refractivity contribution < 1.29 is 9.47 Å². The molecule has 0 radical (unpaired) electrons. The minimum Gasteiger partial charge on any atom is -0.379 e. The highest BCUT2D eigenvalue weighted by atomic mass is 16.5. The fraction of sp³-hybridized carbons (Fsp3) is 1.00. The van der Waals surface area contributed by atoms with Crippen LogP contribution in [0.1, 0.15) is 46.5 Å². The van der Waals surface area contributed by atoms with Crippen LogP contribution >= 0.6 is 0 Å². The van der Waals surface area contributed by atoms with Crippen molar-refractivity contribution in [3.05, 3.63) is 0 Å². The Morgan fingerprint density at radius 3 is 2.65 bits per heavy atom. The van der Waals surface area contributed by atoms with Crippen molar-refractivity contribution in [2.45, 2.75) is 58.6 Å². The van der Waals surface area contributed by atoms with E-state index in [9.17, 15) is 0 Å². The lowest BCUT2D eigenvalue weighted by atomic mass is 9.74. The molecule has 0 saturated heterocycles. The van der Waals surface area contributed by atoms with Gasteiger partial charge in [0.05, 0.1) is 19.3 Å².